The van der Waals surface area contributed by atoms with Crippen LogP contribution >= 0.6 is 11.6 Å². The van der Waals surface area contributed by atoms with E-state index in [2.05, 4.69) is 10.3 Å². The van der Waals surface area contributed by atoms with E-state index in [0.29, 0.717) is 30.3 Å². The topological polar surface area (TPSA) is 70.5 Å². The SMILES string of the molecule is CCN1CCN(C(=O)Nc2ccc(-n3ccnc3)c(Cl)c2)[C@H](C)C1=O. The van der Waals surface area contributed by atoms with Crippen LogP contribution in [-0.4, -0.2) is 57.0 Å². The Labute approximate surface area is 151 Å². The summed E-state index contributed by atoms with van der Waals surface area (Å²) in [7, 11) is 0. The molecule has 1 saturated heterocycles. The molecule has 1 fully saturated rings. The van der Waals surface area contributed by atoms with E-state index in [-0.39, 0.29) is 11.9 Å². The molecule has 0 saturated carbocycles. The number of anilines is 1. The number of carbonyl (C=O) groups is 2. The van der Waals surface area contributed by atoms with Crippen molar-refractivity contribution in [2.24, 2.45) is 0 Å². The van der Waals surface area contributed by atoms with Crippen molar-refractivity contribution in [1.29, 1.82) is 0 Å². The number of nitrogens with zero attached hydrogens (tertiary/aromatic N) is 4. The molecule has 2 heterocycles. The number of imidazole rings is 1. The average Bonchev–Trinajstić information content (AvgIpc) is 3.11. The van der Waals surface area contributed by atoms with Crippen LogP contribution in [0.15, 0.2) is 36.9 Å². The molecule has 0 bridgehead atoms. The van der Waals surface area contributed by atoms with Crippen LogP contribution in [0.25, 0.3) is 5.69 Å². The van der Waals surface area contributed by atoms with Crippen molar-refractivity contribution >= 4 is 29.2 Å². The summed E-state index contributed by atoms with van der Waals surface area (Å²) in [6.07, 6.45) is 5.11. The fraction of sp³-hybridized carbons (Fsp3) is 0.353. The monoisotopic (exact) mass is 361 g/mol. The molecule has 0 spiro atoms. The van der Waals surface area contributed by atoms with Gasteiger partial charge >= 0.3 is 6.03 Å². The van der Waals surface area contributed by atoms with Gasteiger partial charge in [0, 0.05) is 37.7 Å². The van der Waals surface area contributed by atoms with Gasteiger partial charge in [0.15, 0.2) is 0 Å². The highest BCUT2D eigenvalue weighted by atomic mass is 35.5. The van der Waals surface area contributed by atoms with Gasteiger partial charge in [0.05, 0.1) is 17.0 Å². The normalized spacial score (nSPS) is 17.7. The number of benzene rings is 1. The van der Waals surface area contributed by atoms with E-state index in [9.17, 15) is 9.59 Å². The molecular formula is C17H20ClN5O2. The Bertz CT molecular complexity index is 777. The number of urea groups is 1. The summed E-state index contributed by atoms with van der Waals surface area (Å²) in [5.41, 5.74) is 1.36. The van der Waals surface area contributed by atoms with Gasteiger partial charge in [-0.15, -0.1) is 0 Å². The number of aromatic nitrogens is 2. The van der Waals surface area contributed by atoms with Gasteiger partial charge in [-0.2, -0.15) is 0 Å². The predicted octanol–water partition coefficient (Wildman–Crippen LogP) is 2.61. The molecule has 2 aromatic rings. The van der Waals surface area contributed by atoms with Crippen molar-refractivity contribution in [3.05, 3.63) is 41.9 Å². The molecule has 25 heavy (non-hydrogen) atoms. The lowest BCUT2D eigenvalue weighted by Gasteiger charge is -2.38. The summed E-state index contributed by atoms with van der Waals surface area (Å²) in [4.78, 5) is 32.1. The van der Waals surface area contributed by atoms with E-state index < -0.39 is 6.04 Å². The number of hydrogen-bond acceptors (Lipinski definition) is 3. The Morgan fingerprint density at radius 1 is 1.40 bits per heavy atom. The number of piperazine rings is 1. The summed E-state index contributed by atoms with van der Waals surface area (Å²) in [6, 6.07) is 4.48. The molecule has 1 aromatic carbocycles. The Hall–Kier alpha value is -2.54. The molecular weight excluding hydrogens is 342 g/mol. The molecule has 1 aliphatic heterocycles. The van der Waals surface area contributed by atoms with Gasteiger partial charge in [-0.05, 0) is 32.0 Å². The molecule has 3 rings (SSSR count). The lowest BCUT2D eigenvalue weighted by molar-refractivity contribution is -0.138. The minimum absolute atomic E-state index is 0.0302. The van der Waals surface area contributed by atoms with Crippen LogP contribution in [0, 0.1) is 0 Å². The number of carbonyl (C=O) groups excluding carboxylic acids is 2. The van der Waals surface area contributed by atoms with Crippen molar-refractivity contribution in [1.82, 2.24) is 19.4 Å². The second-order valence-corrected chi connectivity index (χ2v) is 6.26. The van der Waals surface area contributed by atoms with E-state index in [1.54, 1.807) is 52.1 Å². The summed E-state index contributed by atoms with van der Waals surface area (Å²) < 4.78 is 1.79. The van der Waals surface area contributed by atoms with E-state index >= 15 is 0 Å². The number of likely N-dealkylation sites (N-methyl/N-ethyl adjacent to an activating group) is 1. The molecule has 1 atom stereocenters. The highest BCUT2D eigenvalue weighted by Gasteiger charge is 2.33. The smallest absolute Gasteiger partial charge is 0.322 e. The second-order valence-electron chi connectivity index (χ2n) is 5.85. The molecule has 8 heteroatoms. The van der Waals surface area contributed by atoms with Crippen LogP contribution in [0.5, 0.6) is 0 Å². The second kappa shape index (κ2) is 7.14. The van der Waals surface area contributed by atoms with Gasteiger partial charge in [0.25, 0.3) is 0 Å². The largest absolute Gasteiger partial charge is 0.339 e. The van der Waals surface area contributed by atoms with Crippen LogP contribution < -0.4 is 5.32 Å². The number of amides is 3. The number of nitrogens with one attached hydrogen (secondary N) is 1. The highest BCUT2D eigenvalue weighted by molar-refractivity contribution is 6.32. The first kappa shape index (κ1) is 17.3. The third kappa shape index (κ3) is 3.46. The van der Waals surface area contributed by atoms with Crippen molar-refractivity contribution < 1.29 is 9.59 Å². The molecule has 1 N–H and O–H groups in total. The fourth-order valence-corrected chi connectivity index (χ4v) is 3.19. The van der Waals surface area contributed by atoms with Gasteiger partial charge < -0.3 is 19.7 Å². The molecule has 0 unspecified atom stereocenters. The first-order chi connectivity index (χ1) is 12.0. The zero-order valence-corrected chi connectivity index (χ0v) is 14.9. The Morgan fingerprint density at radius 3 is 2.84 bits per heavy atom. The lowest BCUT2D eigenvalue weighted by Crippen LogP contribution is -2.58. The quantitative estimate of drug-likeness (QED) is 0.913. The summed E-state index contributed by atoms with van der Waals surface area (Å²) in [5.74, 6) is -0.0302. The standard InChI is InChI=1S/C17H20ClN5O2/c1-3-21-8-9-23(12(2)16(21)24)17(25)20-13-4-5-15(14(18)10-13)22-7-6-19-11-22/h4-7,10-12H,3,8-9H2,1-2H3,(H,20,25)/t12-/m1/s1. The highest BCUT2D eigenvalue weighted by Crippen LogP contribution is 2.24. The van der Waals surface area contributed by atoms with Crippen molar-refractivity contribution in [3.8, 4) is 5.69 Å². The Balaban J connectivity index is 1.71. The molecule has 132 valence electrons. The summed E-state index contributed by atoms with van der Waals surface area (Å²) in [6.45, 7) is 5.40. The summed E-state index contributed by atoms with van der Waals surface area (Å²) >= 11 is 6.31. The maximum atomic E-state index is 12.5. The zero-order chi connectivity index (χ0) is 18.0. The van der Waals surface area contributed by atoms with Gasteiger partial charge in [0.1, 0.15) is 6.04 Å². The van der Waals surface area contributed by atoms with Crippen LogP contribution in [0.1, 0.15) is 13.8 Å². The number of rotatable bonds is 3. The number of halogens is 1. The molecule has 0 radical (unpaired) electrons. The van der Waals surface area contributed by atoms with E-state index in [1.165, 1.54) is 0 Å². The van der Waals surface area contributed by atoms with Crippen LogP contribution in [0.4, 0.5) is 10.5 Å². The molecule has 1 aliphatic rings. The van der Waals surface area contributed by atoms with E-state index in [4.69, 9.17) is 11.6 Å². The maximum Gasteiger partial charge on any atom is 0.322 e. The minimum atomic E-state index is -0.477. The third-order valence-electron chi connectivity index (χ3n) is 4.37. The Kier molecular flexibility index (Phi) is 4.94. The molecule has 0 aliphatic carbocycles. The first-order valence-electron chi connectivity index (χ1n) is 8.15. The maximum absolute atomic E-state index is 12.5. The van der Waals surface area contributed by atoms with Gasteiger partial charge in [-0.3, -0.25) is 4.79 Å². The zero-order valence-electron chi connectivity index (χ0n) is 14.1. The van der Waals surface area contributed by atoms with Crippen LogP contribution in [0.2, 0.25) is 5.02 Å². The Morgan fingerprint density at radius 2 is 2.20 bits per heavy atom. The fourth-order valence-electron chi connectivity index (χ4n) is 2.91. The van der Waals surface area contributed by atoms with Crippen molar-refractivity contribution in [2.75, 3.05) is 25.0 Å². The number of hydrogen-bond donors (Lipinski definition) is 1. The minimum Gasteiger partial charge on any atom is -0.339 e. The van der Waals surface area contributed by atoms with Crippen molar-refractivity contribution in [2.45, 2.75) is 19.9 Å². The van der Waals surface area contributed by atoms with Gasteiger partial charge in [-0.1, -0.05) is 11.6 Å². The summed E-state index contributed by atoms with van der Waals surface area (Å²) in [5, 5.41) is 3.31. The molecule has 3 amide bonds. The molecule has 1 aromatic heterocycles. The predicted molar refractivity (Wildman–Crippen MR) is 96.0 cm³/mol. The molecule has 7 nitrogen and oxygen atoms in total. The van der Waals surface area contributed by atoms with Gasteiger partial charge in [0.2, 0.25) is 5.91 Å². The average molecular weight is 362 g/mol. The third-order valence-corrected chi connectivity index (χ3v) is 4.67. The van der Waals surface area contributed by atoms with Crippen LogP contribution in [-0.2, 0) is 4.79 Å². The van der Waals surface area contributed by atoms with E-state index in [0.717, 1.165) is 5.69 Å². The van der Waals surface area contributed by atoms with Gasteiger partial charge in [-0.25, -0.2) is 9.78 Å². The van der Waals surface area contributed by atoms with E-state index in [1.807, 2.05) is 13.0 Å². The van der Waals surface area contributed by atoms with Crippen molar-refractivity contribution in [3.63, 3.8) is 0 Å². The van der Waals surface area contributed by atoms with Crippen LogP contribution in [0.3, 0.4) is 0 Å². The first-order valence-corrected chi connectivity index (χ1v) is 8.53. The lowest BCUT2D eigenvalue weighted by atomic mass is 10.2.